The number of morpholine rings is 1. The summed E-state index contributed by atoms with van der Waals surface area (Å²) in [6.45, 7) is 9.14. The van der Waals surface area contributed by atoms with Gasteiger partial charge in [0, 0.05) is 54.8 Å². The quantitative estimate of drug-likeness (QED) is 0.300. The van der Waals surface area contributed by atoms with Crippen molar-refractivity contribution in [2.24, 2.45) is 5.41 Å². The minimum absolute atomic E-state index is 0.0263. The minimum atomic E-state index is -0.675. The van der Waals surface area contributed by atoms with Crippen LogP contribution in [0.25, 0.3) is 27.9 Å². The van der Waals surface area contributed by atoms with Crippen molar-refractivity contribution in [3.8, 4) is 11.4 Å². The Morgan fingerprint density at radius 1 is 1.05 bits per heavy atom. The van der Waals surface area contributed by atoms with E-state index in [1.165, 1.54) is 11.6 Å². The largest absolute Gasteiger partial charge is 0.378 e. The lowest BCUT2D eigenvalue weighted by Crippen LogP contribution is -2.36. The molecule has 0 bridgehead atoms. The summed E-state index contributed by atoms with van der Waals surface area (Å²) >= 11 is 0. The van der Waals surface area contributed by atoms with Crippen LogP contribution in [0.1, 0.15) is 37.8 Å². The Labute approximate surface area is 226 Å². The summed E-state index contributed by atoms with van der Waals surface area (Å²) in [6, 6.07) is 9.75. The molecule has 39 heavy (non-hydrogen) atoms. The normalized spacial score (nSPS) is 16.9. The molecule has 4 aromatic rings. The molecule has 200 valence electrons. The van der Waals surface area contributed by atoms with Crippen LogP contribution in [0.5, 0.6) is 0 Å². The van der Waals surface area contributed by atoms with Gasteiger partial charge in [0.15, 0.2) is 0 Å². The fourth-order valence-corrected chi connectivity index (χ4v) is 5.64. The minimum Gasteiger partial charge on any atom is -0.378 e. The summed E-state index contributed by atoms with van der Waals surface area (Å²) in [4.78, 5) is 16.2. The van der Waals surface area contributed by atoms with E-state index in [1.807, 2.05) is 37.4 Å². The van der Waals surface area contributed by atoms with Crippen LogP contribution in [-0.4, -0.2) is 41.3 Å². The number of hydrogen-bond acceptors (Lipinski definition) is 6. The lowest BCUT2D eigenvalue weighted by Gasteiger charge is -2.30. The number of anilines is 3. The van der Waals surface area contributed by atoms with E-state index in [0.717, 1.165) is 54.6 Å². The highest BCUT2D eigenvalue weighted by atomic mass is 19.1. The van der Waals surface area contributed by atoms with Crippen molar-refractivity contribution >= 4 is 33.7 Å². The number of fused-ring (bicyclic) bond motifs is 1. The number of aromatic nitrogens is 3. The summed E-state index contributed by atoms with van der Waals surface area (Å²) in [5.74, 6) is -0.514. The molecular weight excluding hydrogens is 496 g/mol. The maximum atomic E-state index is 15.4. The number of ether oxygens (including phenoxy) is 1. The van der Waals surface area contributed by atoms with Gasteiger partial charge in [0.25, 0.3) is 0 Å². The van der Waals surface area contributed by atoms with Gasteiger partial charge in [-0.05, 0) is 42.9 Å². The fraction of sp³-hybridized carbons (Fsp3) is 0.323. The van der Waals surface area contributed by atoms with Crippen molar-refractivity contribution < 1.29 is 13.5 Å². The third-order valence-corrected chi connectivity index (χ3v) is 7.78. The predicted octanol–water partition coefficient (Wildman–Crippen LogP) is 7.06. The second-order valence-corrected chi connectivity index (χ2v) is 10.8. The monoisotopic (exact) mass is 527 g/mol. The third-order valence-electron chi connectivity index (χ3n) is 7.78. The molecule has 2 aliphatic rings. The van der Waals surface area contributed by atoms with Crippen molar-refractivity contribution in [3.63, 3.8) is 0 Å². The van der Waals surface area contributed by atoms with E-state index in [2.05, 4.69) is 40.1 Å². The van der Waals surface area contributed by atoms with Crippen molar-refractivity contribution in [1.82, 2.24) is 15.0 Å². The third kappa shape index (κ3) is 4.74. The van der Waals surface area contributed by atoms with Crippen LogP contribution in [0.4, 0.5) is 26.0 Å². The highest BCUT2D eigenvalue weighted by molar-refractivity contribution is 5.99. The van der Waals surface area contributed by atoms with Crippen molar-refractivity contribution in [2.45, 2.75) is 33.6 Å². The molecule has 0 atom stereocenters. The van der Waals surface area contributed by atoms with Gasteiger partial charge in [-0.3, -0.25) is 4.98 Å². The van der Waals surface area contributed by atoms with Gasteiger partial charge in [-0.15, -0.1) is 0 Å². The Morgan fingerprint density at radius 2 is 1.87 bits per heavy atom. The number of halogens is 2. The molecule has 3 aromatic heterocycles. The SMILES string of the molecule is Cc1c(-c2ccccn2)nc2cc(F)cc(F)c2c1Nc1cc(N2CCOCC2)ncc1C1=CCCC1(C)C. The zero-order valence-corrected chi connectivity index (χ0v) is 22.4. The van der Waals surface area contributed by atoms with Crippen molar-refractivity contribution in [1.29, 1.82) is 0 Å². The maximum absolute atomic E-state index is 15.4. The average molecular weight is 528 g/mol. The Bertz CT molecular complexity index is 1580. The number of rotatable bonds is 5. The molecule has 8 heteroatoms. The van der Waals surface area contributed by atoms with Gasteiger partial charge < -0.3 is 15.0 Å². The first-order chi connectivity index (χ1) is 18.8. The molecule has 1 aromatic carbocycles. The molecule has 6 nitrogen and oxygen atoms in total. The van der Waals surface area contributed by atoms with E-state index in [1.54, 1.807) is 6.20 Å². The highest BCUT2D eigenvalue weighted by Gasteiger charge is 2.31. The highest BCUT2D eigenvalue weighted by Crippen LogP contribution is 2.47. The zero-order chi connectivity index (χ0) is 27.1. The van der Waals surface area contributed by atoms with Gasteiger partial charge >= 0.3 is 0 Å². The predicted molar refractivity (Wildman–Crippen MR) is 151 cm³/mol. The number of hydrogen-bond donors (Lipinski definition) is 1. The molecule has 0 spiro atoms. The number of allylic oxidation sites excluding steroid dienone is 2. The molecule has 1 aliphatic heterocycles. The molecule has 4 heterocycles. The molecule has 1 N–H and O–H groups in total. The summed E-state index contributed by atoms with van der Waals surface area (Å²) in [6.07, 6.45) is 7.90. The summed E-state index contributed by atoms with van der Waals surface area (Å²) in [5.41, 5.74) is 5.66. The molecular formula is C31H31F2N5O. The first kappa shape index (κ1) is 25.4. The Balaban J connectivity index is 1.56. The van der Waals surface area contributed by atoms with Gasteiger partial charge in [0.1, 0.15) is 17.5 Å². The summed E-state index contributed by atoms with van der Waals surface area (Å²) in [7, 11) is 0. The van der Waals surface area contributed by atoms with Crippen LogP contribution in [0, 0.1) is 24.0 Å². The van der Waals surface area contributed by atoms with Gasteiger partial charge in [-0.2, -0.15) is 0 Å². The first-order valence-electron chi connectivity index (χ1n) is 13.3. The van der Waals surface area contributed by atoms with Crippen LogP contribution < -0.4 is 10.2 Å². The van der Waals surface area contributed by atoms with Gasteiger partial charge in [0.05, 0.1) is 46.9 Å². The maximum Gasteiger partial charge on any atom is 0.137 e. The van der Waals surface area contributed by atoms with E-state index < -0.39 is 11.6 Å². The number of benzene rings is 1. The van der Waals surface area contributed by atoms with Crippen LogP contribution >= 0.6 is 0 Å². The van der Waals surface area contributed by atoms with E-state index in [9.17, 15) is 4.39 Å². The standard InChI is InChI=1S/C31H31F2N5O/c1-19-29(24-8-4-5-10-34-24)37-26-16-20(32)15-23(33)28(26)30(19)36-25-17-27(38-11-13-39-14-12-38)35-18-21(25)22-7-6-9-31(22,2)3/h4-5,7-8,10,15-18H,6,9,11-14H2,1-3H3,(H,35,36,37). The van der Waals surface area contributed by atoms with Crippen LogP contribution in [0.2, 0.25) is 0 Å². The average Bonchev–Trinajstić information content (AvgIpc) is 3.29. The van der Waals surface area contributed by atoms with Gasteiger partial charge in [-0.1, -0.05) is 26.0 Å². The van der Waals surface area contributed by atoms with Crippen LogP contribution in [0.3, 0.4) is 0 Å². The Morgan fingerprint density at radius 3 is 2.59 bits per heavy atom. The molecule has 6 rings (SSSR count). The second kappa shape index (κ2) is 10.0. The van der Waals surface area contributed by atoms with Crippen molar-refractivity contribution in [2.75, 3.05) is 36.5 Å². The zero-order valence-electron chi connectivity index (χ0n) is 22.4. The summed E-state index contributed by atoms with van der Waals surface area (Å²) < 4.78 is 35.3. The van der Waals surface area contributed by atoms with Crippen LogP contribution in [-0.2, 0) is 4.74 Å². The fourth-order valence-electron chi connectivity index (χ4n) is 5.64. The molecule has 0 radical (unpaired) electrons. The molecule has 1 saturated heterocycles. The molecule has 0 amide bonds. The lowest BCUT2D eigenvalue weighted by molar-refractivity contribution is 0.122. The summed E-state index contributed by atoms with van der Waals surface area (Å²) in [5, 5.41) is 3.82. The molecule has 0 saturated carbocycles. The van der Waals surface area contributed by atoms with E-state index in [-0.39, 0.29) is 16.3 Å². The second-order valence-electron chi connectivity index (χ2n) is 10.8. The Hall–Kier alpha value is -3.91. The number of pyridine rings is 3. The smallest absolute Gasteiger partial charge is 0.137 e. The lowest BCUT2D eigenvalue weighted by atomic mass is 9.82. The van der Waals surface area contributed by atoms with E-state index in [0.29, 0.717) is 30.3 Å². The molecule has 1 aliphatic carbocycles. The Kier molecular flexibility index (Phi) is 6.51. The van der Waals surface area contributed by atoms with E-state index in [4.69, 9.17) is 9.72 Å². The molecule has 1 fully saturated rings. The number of nitrogens with one attached hydrogen (secondary N) is 1. The van der Waals surface area contributed by atoms with Gasteiger partial charge in [-0.25, -0.2) is 18.7 Å². The van der Waals surface area contributed by atoms with E-state index >= 15 is 4.39 Å². The first-order valence-corrected chi connectivity index (χ1v) is 13.3. The van der Waals surface area contributed by atoms with Crippen molar-refractivity contribution in [3.05, 3.63) is 77.6 Å². The molecule has 0 unspecified atom stereocenters. The van der Waals surface area contributed by atoms with Crippen LogP contribution in [0.15, 0.2) is 54.9 Å². The number of nitrogens with zero attached hydrogens (tertiary/aromatic N) is 4. The van der Waals surface area contributed by atoms with Gasteiger partial charge in [0.2, 0.25) is 0 Å². The topological polar surface area (TPSA) is 63.2 Å².